The Balaban J connectivity index is 2.36. The van der Waals surface area contributed by atoms with Crippen LogP contribution < -0.4 is 10.6 Å². The van der Waals surface area contributed by atoms with Crippen LogP contribution in [0.1, 0.15) is 17.3 Å². The van der Waals surface area contributed by atoms with E-state index in [9.17, 15) is 18.8 Å². The summed E-state index contributed by atoms with van der Waals surface area (Å²) in [5, 5.41) is 4.75. The molecule has 2 amide bonds. The first kappa shape index (κ1) is 15.6. The molecule has 1 aromatic rings. The largest absolute Gasteiger partial charge is 0.452 e. The van der Waals surface area contributed by atoms with Gasteiger partial charge in [-0.2, -0.15) is 0 Å². The van der Waals surface area contributed by atoms with E-state index in [1.807, 2.05) is 0 Å². The highest BCUT2D eigenvalue weighted by molar-refractivity contribution is 5.92. The molecule has 0 spiro atoms. The molecule has 0 heterocycles. The number of carbonyl (C=O) groups is 3. The summed E-state index contributed by atoms with van der Waals surface area (Å²) in [4.78, 5) is 33.9. The maximum absolute atomic E-state index is 13.2. The highest BCUT2D eigenvalue weighted by Crippen LogP contribution is 2.07. The van der Waals surface area contributed by atoms with Crippen LogP contribution in [0.5, 0.6) is 0 Å². The van der Waals surface area contributed by atoms with E-state index in [1.165, 1.54) is 18.2 Å². The summed E-state index contributed by atoms with van der Waals surface area (Å²) in [6, 6.07) is 5.29. The van der Waals surface area contributed by atoms with E-state index >= 15 is 0 Å². The number of amides is 2. The molecule has 0 radical (unpaired) electrons. The Kier molecular flexibility index (Phi) is 6.15. The maximum Gasteiger partial charge on any atom is 0.341 e. The van der Waals surface area contributed by atoms with Gasteiger partial charge in [-0.3, -0.25) is 9.59 Å². The Labute approximate surface area is 115 Å². The lowest BCUT2D eigenvalue weighted by molar-refractivity contribution is -0.127. The first-order valence-electron chi connectivity index (χ1n) is 5.99. The van der Waals surface area contributed by atoms with E-state index in [4.69, 9.17) is 0 Å². The number of carbonyl (C=O) groups excluding carboxylic acids is 3. The van der Waals surface area contributed by atoms with Crippen molar-refractivity contribution in [1.82, 2.24) is 10.6 Å². The molecular weight excluding hydrogens is 267 g/mol. The molecular formula is C13H15FN2O4. The van der Waals surface area contributed by atoms with Crippen molar-refractivity contribution in [2.24, 2.45) is 0 Å². The lowest BCUT2D eigenvalue weighted by Gasteiger charge is -2.07. The van der Waals surface area contributed by atoms with Gasteiger partial charge in [0.2, 0.25) is 5.91 Å². The molecule has 1 aromatic carbocycles. The van der Waals surface area contributed by atoms with Crippen molar-refractivity contribution in [2.75, 3.05) is 19.7 Å². The Morgan fingerprint density at radius 2 is 1.85 bits per heavy atom. The molecule has 0 atom stereocenters. The summed E-state index contributed by atoms with van der Waals surface area (Å²) in [5.41, 5.74) is -0.246. The average Bonchev–Trinajstić information content (AvgIpc) is 2.43. The summed E-state index contributed by atoms with van der Waals surface area (Å²) in [6.45, 7) is 1.42. The van der Waals surface area contributed by atoms with Crippen LogP contribution in [-0.2, 0) is 14.3 Å². The van der Waals surface area contributed by atoms with Crippen LogP contribution in [0.15, 0.2) is 24.3 Å². The molecule has 0 saturated heterocycles. The van der Waals surface area contributed by atoms with Crippen molar-refractivity contribution in [3.8, 4) is 0 Å². The number of hydrogen-bond acceptors (Lipinski definition) is 4. The molecule has 0 aliphatic rings. The molecule has 108 valence electrons. The maximum atomic E-state index is 13.2. The van der Waals surface area contributed by atoms with Crippen LogP contribution in [0.3, 0.4) is 0 Å². The Morgan fingerprint density at radius 3 is 2.50 bits per heavy atom. The van der Waals surface area contributed by atoms with Gasteiger partial charge in [-0.05, 0) is 19.1 Å². The molecule has 0 fully saturated rings. The second kappa shape index (κ2) is 7.88. The fourth-order valence-electron chi connectivity index (χ4n) is 1.33. The van der Waals surface area contributed by atoms with E-state index in [1.54, 1.807) is 6.92 Å². The predicted octanol–water partition coefficient (Wildman–Crippen LogP) is 0.235. The Hall–Kier alpha value is -2.44. The summed E-state index contributed by atoms with van der Waals surface area (Å²) in [6.07, 6.45) is 0. The zero-order valence-electron chi connectivity index (χ0n) is 10.9. The van der Waals surface area contributed by atoms with E-state index < -0.39 is 24.3 Å². The third-order valence-electron chi connectivity index (χ3n) is 2.25. The summed E-state index contributed by atoms with van der Waals surface area (Å²) in [5.74, 6) is -2.64. The second-order valence-corrected chi connectivity index (χ2v) is 3.79. The Bertz CT molecular complexity index is 505. The fourth-order valence-corrected chi connectivity index (χ4v) is 1.33. The van der Waals surface area contributed by atoms with Gasteiger partial charge in [0.1, 0.15) is 5.82 Å². The van der Waals surface area contributed by atoms with Gasteiger partial charge in [0.05, 0.1) is 12.1 Å². The van der Waals surface area contributed by atoms with Gasteiger partial charge in [-0.15, -0.1) is 0 Å². The minimum atomic E-state index is -0.934. The SMILES string of the molecule is CCNC(=O)CNC(=O)COC(=O)c1ccccc1F. The standard InChI is InChI=1S/C13H15FN2O4/c1-2-15-11(17)7-16-12(18)8-20-13(19)9-5-3-4-6-10(9)14/h3-6H,2,7-8H2,1H3,(H,15,17)(H,16,18). The fraction of sp³-hybridized carbons (Fsp3) is 0.308. The van der Waals surface area contributed by atoms with Crippen molar-refractivity contribution in [2.45, 2.75) is 6.92 Å². The minimum Gasteiger partial charge on any atom is -0.452 e. The van der Waals surface area contributed by atoms with Crippen LogP contribution in [0, 0.1) is 5.82 Å². The topological polar surface area (TPSA) is 84.5 Å². The van der Waals surface area contributed by atoms with Crippen molar-refractivity contribution in [3.05, 3.63) is 35.6 Å². The quantitative estimate of drug-likeness (QED) is 0.732. The molecule has 2 N–H and O–H groups in total. The van der Waals surface area contributed by atoms with Crippen molar-refractivity contribution in [3.63, 3.8) is 0 Å². The van der Waals surface area contributed by atoms with Gasteiger partial charge in [0, 0.05) is 6.54 Å². The molecule has 20 heavy (non-hydrogen) atoms. The van der Waals surface area contributed by atoms with Crippen LogP contribution >= 0.6 is 0 Å². The van der Waals surface area contributed by atoms with E-state index in [0.717, 1.165) is 6.07 Å². The monoisotopic (exact) mass is 282 g/mol. The van der Waals surface area contributed by atoms with Gasteiger partial charge < -0.3 is 15.4 Å². The van der Waals surface area contributed by atoms with Gasteiger partial charge >= 0.3 is 5.97 Å². The molecule has 0 aliphatic carbocycles. The molecule has 0 aliphatic heterocycles. The van der Waals surface area contributed by atoms with E-state index in [-0.39, 0.29) is 18.0 Å². The lowest BCUT2D eigenvalue weighted by atomic mass is 10.2. The highest BCUT2D eigenvalue weighted by Gasteiger charge is 2.14. The molecule has 0 unspecified atom stereocenters. The third kappa shape index (κ3) is 5.05. The zero-order valence-corrected chi connectivity index (χ0v) is 10.9. The average molecular weight is 282 g/mol. The number of benzene rings is 1. The number of likely N-dealkylation sites (N-methyl/N-ethyl adjacent to an activating group) is 1. The van der Waals surface area contributed by atoms with E-state index in [2.05, 4.69) is 15.4 Å². The van der Waals surface area contributed by atoms with Crippen LogP contribution in [0.25, 0.3) is 0 Å². The summed E-state index contributed by atoms with van der Waals surface area (Å²) in [7, 11) is 0. The second-order valence-electron chi connectivity index (χ2n) is 3.79. The molecule has 6 nitrogen and oxygen atoms in total. The summed E-state index contributed by atoms with van der Waals surface area (Å²) < 4.78 is 17.9. The third-order valence-corrected chi connectivity index (χ3v) is 2.25. The number of rotatable bonds is 6. The summed E-state index contributed by atoms with van der Waals surface area (Å²) >= 11 is 0. The van der Waals surface area contributed by atoms with Gasteiger partial charge in [-0.25, -0.2) is 9.18 Å². The molecule has 1 rings (SSSR count). The number of hydrogen-bond donors (Lipinski definition) is 2. The molecule has 0 aromatic heterocycles. The van der Waals surface area contributed by atoms with Gasteiger partial charge in [-0.1, -0.05) is 12.1 Å². The van der Waals surface area contributed by atoms with Crippen LogP contribution in [0.4, 0.5) is 4.39 Å². The smallest absolute Gasteiger partial charge is 0.341 e. The number of esters is 1. The molecule has 7 heteroatoms. The Morgan fingerprint density at radius 1 is 1.15 bits per heavy atom. The minimum absolute atomic E-state index is 0.204. The zero-order chi connectivity index (χ0) is 15.0. The van der Waals surface area contributed by atoms with E-state index in [0.29, 0.717) is 6.54 Å². The van der Waals surface area contributed by atoms with Crippen molar-refractivity contribution >= 4 is 17.8 Å². The first-order chi connectivity index (χ1) is 9.54. The number of halogens is 1. The number of nitrogens with one attached hydrogen (secondary N) is 2. The predicted molar refractivity (Wildman–Crippen MR) is 68.4 cm³/mol. The first-order valence-corrected chi connectivity index (χ1v) is 5.99. The number of ether oxygens (including phenoxy) is 1. The van der Waals surface area contributed by atoms with Crippen LogP contribution in [-0.4, -0.2) is 37.5 Å². The normalized spacial score (nSPS) is 9.70. The molecule has 0 saturated carbocycles. The molecule has 0 bridgehead atoms. The lowest BCUT2D eigenvalue weighted by Crippen LogP contribution is -2.38. The van der Waals surface area contributed by atoms with Gasteiger partial charge in [0.25, 0.3) is 5.91 Å². The van der Waals surface area contributed by atoms with Crippen molar-refractivity contribution in [1.29, 1.82) is 0 Å². The highest BCUT2D eigenvalue weighted by atomic mass is 19.1. The van der Waals surface area contributed by atoms with Crippen LogP contribution in [0.2, 0.25) is 0 Å². The van der Waals surface area contributed by atoms with Crippen molar-refractivity contribution < 1.29 is 23.5 Å². The van der Waals surface area contributed by atoms with Gasteiger partial charge in [0.15, 0.2) is 6.61 Å².